The van der Waals surface area contributed by atoms with Gasteiger partial charge in [-0.15, -0.1) is 0 Å². The first-order valence-corrected chi connectivity index (χ1v) is 12.7. The molecular formula is C35H34NO+. The van der Waals surface area contributed by atoms with Crippen molar-refractivity contribution in [3.8, 4) is 22.4 Å². The largest absolute Gasteiger partial charge is 0.454 e. The van der Waals surface area contributed by atoms with Gasteiger partial charge in [-0.05, 0) is 65.3 Å². The maximum absolute atomic E-state index is 9.04. The Bertz CT molecular complexity index is 2000. The number of pyridine rings is 1. The zero-order chi connectivity index (χ0) is 30.2. The first-order valence-electron chi connectivity index (χ1n) is 15.2. The number of benzene rings is 4. The average Bonchev–Trinajstić information content (AvgIpc) is 3.31. The molecule has 37 heavy (non-hydrogen) atoms. The SMILES string of the molecule is [2H]C([2H])([2H])c1c[n+](C)c(-c2c(C)ccc3c2oc2c4cc(-c5ccccc5)ccc4ccc32)cc1C([2H])([2H])C(C)(C)C. The molecule has 4 aromatic carbocycles. The van der Waals surface area contributed by atoms with Gasteiger partial charge in [0, 0.05) is 34.6 Å². The lowest BCUT2D eigenvalue weighted by Crippen LogP contribution is -2.32. The molecule has 2 aromatic heterocycles. The zero-order valence-corrected chi connectivity index (χ0v) is 21.9. The summed E-state index contributed by atoms with van der Waals surface area (Å²) in [4.78, 5) is 0. The van der Waals surface area contributed by atoms with Gasteiger partial charge in [0.15, 0.2) is 6.20 Å². The van der Waals surface area contributed by atoms with Gasteiger partial charge < -0.3 is 4.42 Å². The molecule has 0 amide bonds. The van der Waals surface area contributed by atoms with Gasteiger partial charge in [-0.3, -0.25) is 0 Å². The smallest absolute Gasteiger partial charge is 0.216 e. The average molecular weight is 490 g/mol. The Morgan fingerprint density at radius 2 is 1.54 bits per heavy atom. The Morgan fingerprint density at radius 1 is 0.811 bits per heavy atom. The van der Waals surface area contributed by atoms with Crippen LogP contribution >= 0.6 is 0 Å². The van der Waals surface area contributed by atoms with E-state index < -0.39 is 18.6 Å². The highest BCUT2D eigenvalue weighted by Gasteiger charge is 2.24. The summed E-state index contributed by atoms with van der Waals surface area (Å²) in [6.45, 7) is 4.92. The van der Waals surface area contributed by atoms with Gasteiger partial charge in [-0.1, -0.05) is 81.4 Å². The molecule has 0 spiro atoms. The molecule has 0 fully saturated rings. The van der Waals surface area contributed by atoms with Crippen LogP contribution in [0.15, 0.2) is 89.5 Å². The van der Waals surface area contributed by atoms with Crippen molar-refractivity contribution >= 4 is 32.7 Å². The van der Waals surface area contributed by atoms with Crippen molar-refractivity contribution in [3.05, 3.63) is 102 Å². The predicted octanol–water partition coefficient (Wildman–Crippen LogP) is 9.10. The van der Waals surface area contributed by atoms with E-state index in [4.69, 9.17) is 11.3 Å². The number of hydrogen-bond acceptors (Lipinski definition) is 1. The van der Waals surface area contributed by atoms with E-state index in [1.807, 2.05) is 38.2 Å². The first kappa shape index (κ1) is 18.4. The van der Waals surface area contributed by atoms with E-state index in [2.05, 4.69) is 48.5 Å². The summed E-state index contributed by atoms with van der Waals surface area (Å²) in [6, 6.07) is 26.7. The molecular weight excluding hydrogens is 450 g/mol. The minimum atomic E-state index is -2.47. The molecule has 0 N–H and O–H groups in total. The van der Waals surface area contributed by atoms with Crippen molar-refractivity contribution in [3.63, 3.8) is 0 Å². The van der Waals surface area contributed by atoms with Crippen molar-refractivity contribution in [1.82, 2.24) is 0 Å². The Morgan fingerprint density at radius 3 is 2.30 bits per heavy atom. The molecule has 2 heteroatoms. The fourth-order valence-electron chi connectivity index (χ4n) is 5.25. The second kappa shape index (κ2) is 8.59. The van der Waals surface area contributed by atoms with Gasteiger partial charge in [-0.2, -0.15) is 0 Å². The van der Waals surface area contributed by atoms with Crippen LogP contribution in [0.2, 0.25) is 0 Å². The van der Waals surface area contributed by atoms with Crippen LogP contribution in [0.1, 0.15) is 44.3 Å². The highest BCUT2D eigenvalue weighted by molar-refractivity contribution is 6.17. The summed E-state index contributed by atoms with van der Waals surface area (Å²) < 4.78 is 51.2. The standard InChI is InChI=1S/C35H34NO/c1-22-12-16-29-28-17-15-25-13-14-26(24-10-8-7-9-11-24)18-30(25)33(28)37-34(29)32(22)31-19-27(20-35(3,4)5)23(2)21-36(31)6/h7-19,21H,20H2,1-6H3/q+1/i2D3,20D2. The van der Waals surface area contributed by atoms with Crippen LogP contribution in [0.5, 0.6) is 0 Å². The molecule has 0 saturated heterocycles. The molecule has 0 bridgehead atoms. The van der Waals surface area contributed by atoms with Crippen molar-refractivity contribution < 1.29 is 15.8 Å². The molecule has 2 heterocycles. The summed E-state index contributed by atoms with van der Waals surface area (Å²) >= 11 is 0. The van der Waals surface area contributed by atoms with Crippen LogP contribution < -0.4 is 4.57 Å². The van der Waals surface area contributed by atoms with Gasteiger partial charge in [0.25, 0.3) is 0 Å². The highest BCUT2D eigenvalue weighted by Crippen LogP contribution is 2.41. The van der Waals surface area contributed by atoms with E-state index in [1.54, 1.807) is 37.6 Å². The predicted molar refractivity (Wildman–Crippen MR) is 156 cm³/mol. The summed E-state index contributed by atoms with van der Waals surface area (Å²) in [5.41, 5.74) is 5.55. The van der Waals surface area contributed by atoms with E-state index in [9.17, 15) is 0 Å². The molecule has 0 aliphatic carbocycles. The number of hydrogen-bond donors (Lipinski definition) is 0. The van der Waals surface area contributed by atoms with Crippen LogP contribution in [0.25, 0.3) is 55.1 Å². The number of furan rings is 1. The molecule has 184 valence electrons. The monoisotopic (exact) mass is 489 g/mol. The molecule has 0 aliphatic rings. The Hall–Kier alpha value is -3.91. The molecule has 0 unspecified atom stereocenters. The maximum atomic E-state index is 9.04. The van der Waals surface area contributed by atoms with Crippen molar-refractivity contribution in [2.45, 2.75) is 40.9 Å². The molecule has 6 aromatic rings. The first-order chi connectivity index (χ1) is 19.7. The number of aromatic nitrogens is 1. The van der Waals surface area contributed by atoms with E-state index in [-0.39, 0.29) is 11.1 Å². The minimum Gasteiger partial charge on any atom is -0.454 e. The molecule has 0 aliphatic heterocycles. The topological polar surface area (TPSA) is 17.0 Å². The quantitative estimate of drug-likeness (QED) is 0.227. The van der Waals surface area contributed by atoms with Gasteiger partial charge in [0.1, 0.15) is 18.2 Å². The van der Waals surface area contributed by atoms with Crippen LogP contribution in [-0.2, 0) is 13.4 Å². The lowest BCUT2D eigenvalue weighted by Gasteiger charge is -2.19. The molecule has 6 rings (SSSR count). The second-order valence-electron chi connectivity index (χ2n) is 11.0. The third-order valence-corrected chi connectivity index (χ3v) is 6.98. The minimum absolute atomic E-state index is 0.0162. The van der Waals surface area contributed by atoms with E-state index in [0.717, 1.165) is 49.4 Å². The number of fused-ring (bicyclic) bond motifs is 5. The fourth-order valence-corrected chi connectivity index (χ4v) is 5.25. The summed E-state index contributed by atoms with van der Waals surface area (Å²) in [5.74, 6) is 0. The molecule has 0 saturated carbocycles. The van der Waals surface area contributed by atoms with Gasteiger partial charge in [0.05, 0.1) is 5.56 Å². The summed E-state index contributed by atoms with van der Waals surface area (Å²) in [7, 11) is 1.81. The summed E-state index contributed by atoms with van der Waals surface area (Å²) in [5, 5.41) is 4.04. The van der Waals surface area contributed by atoms with Crippen LogP contribution in [0, 0.1) is 19.2 Å². The van der Waals surface area contributed by atoms with Crippen molar-refractivity contribution in [1.29, 1.82) is 0 Å². The summed E-state index contributed by atoms with van der Waals surface area (Å²) in [6.07, 6.45) is -0.344. The maximum Gasteiger partial charge on any atom is 0.216 e. The lowest BCUT2D eigenvalue weighted by atomic mass is 9.86. The van der Waals surface area contributed by atoms with Crippen LogP contribution in [0.4, 0.5) is 0 Å². The van der Waals surface area contributed by atoms with Crippen LogP contribution in [0.3, 0.4) is 0 Å². The molecule has 0 atom stereocenters. The molecule has 2 nitrogen and oxygen atoms in total. The van der Waals surface area contributed by atoms with E-state index >= 15 is 0 Å². The number of aryl methyl sites for hydroxylation is 3. The van der Waals surface area contributed by atoms with Crippen molar-refractivity contribution in [2.24, 2.45) is 12.5 Å². The number of rotatable bonds is 3. The van der Waals surface area contributed by atoms with E-state index in [0.29, 0.717) is 11.3 Å². The van der Waals surface area contributed by atoms with E-state index in [1.165, 1.54) is 0 Å². The second-order valence-corrected chi connectivity index (χ2v) is 11.0. The highest BCUT2D eigenvalue weighted by atomic mass is 16.3. The van der Waals surface area contributed by atoms with Crippen LogP contribution in [-0.4, -0.2) is 0 Å². The Kier molecular flexibility index (Phi) is 4.26. The Labute approximate surface area is 226 Å². The van der Waals surface area contributed by atoms with Gasteiger partial charge in [0.2, 0.25) is 5.69 Å². The van der Waals surface area contributed by atoms with Gasteiger partial charge in [-0.25, -0.2) is 4.57 Å². The molecule has 0 radical (unpaired) electrons. The third-order valence-electron chi connectivity index (χ3n) is 6.98. The van der Waals surface area contributed by atoms with Crippen molar-refractivity contribution in [2.75, 3.05) is 0 Å². The number of nitrogens with zero attached hydrogens (tertiary/aromatic N) is 1. The fraction of sp³-hybridized carbons (Fsp3) is 0.229. The lowest BCUT2D eigenvalue weighted by molar-refractivity contribution is -0.660. The third kappa shape index (κ3) is 4.11. The zero-order valence-electron chi connectivity index (χ0n) is 26.9. The normalized spacial score (nSPS) is 14.9. The Balaban J connectivity index is 1.66. The van der Waals surface area contributed by atoms with Gasteiger partial charge >= 0.3 is 0 Å².